The molecule has 0 atom stereocenters. The van der Waals surface area contributed by atoms with Gasteiger partial charge in [-0.15, -0.1) is 0 Å². The van der Waals surface area contributed by atoms with Gasteiger partial charge in [-0.3, -0.25) is 4.98 Å². The van der Waals surface area contributed by atoms with E-state index >= 15 is 0 Å². The molecule has 0 bridgehead atoms. The highest BCUT2D eigenvalue weighted by atomic mass is 16.6. The van der Waals surface area contributed by atoms with Crippen molar-refractivity contribution in [3.05, 3.63) is 48.2 Å². The highest BCUT2D eigenvalue weighted by Gasteiger charge is 2.27. The number of ether oxygens (including phenoxy) is 2. The van der Waals surface area contributed by atoms with Crippen LogP contribution in [0.25, 0.3) is 11.3 Å². The van der Waals surface area contributed by atoms with E-state index in [-0.39, 0.29) is 6.09 Å². The third kappa shape index (κ3) is 6.21. The summed E-state index contributed by atoms with van der Waals surface area (Å²) in [5, 5.41) is 8.76. The molecule has 30 heavy (non-hydrogen) atoms. The molecule has 0 radical (unpaired) electrons. The summed E-state index contributed by atoms with van der Waals surface area (Å²) in [6, 6.07) is 13.9. The molecule has 0 N–H and O–H groups in total. The summed E-state index contributed by atoms with van der Waals surface area (Å²) in [5.41, 5.74) is 2.42. The van der Waals surface area contributed by atoms with Gasteiger partial charge < -0.3 is 14.4 Å². The second-order valence-corrected chi connectivity index (χ2v) is 8.63. The number of hydrogen-bond donors (Lipinski definition) is 0. The van der Waals surface area contributed by atoms with Crippen molar-refractivity contribution in [3.63, 3.8) is 0 Å². The molecule has 6 nitrogen and oxygen atoms in total. The number of rotatable bonds is 5. The third-order valence-electron chi connectivity index (χ3n) is 5.02. The minimum Gasteiger partial charge on any atom is -0.492 e. The zero-order valence-electron chi connectivity index (χ0n) is 17.9. The van der Waals surface area contributed by atoms with E-state index in [1.54, 1.807) is 11.1 Å². The van der Waals surface area contributed by atoms with Gasteiger partial charge in [0.15, 0.2) is 0 Å². The number of nitriles is 1. The van der Waals surface area contributed by atoms with Gasteiger partial charge in [0.2, 0.25) is 0 Å². The van der Waals surface area contributed by atoms with Gasteiger partial charge in [0.05, 0.1) is 31.0 Å². The van der Waals surface area contributed by atoms with E-state index < -0.39 is 5.60 Å². The molecule has 1 aromatic carbocycles. The number of hydrogen-bond acceptors (Lipinski definition) is 5. The lowest BCUT2D eigenvalue weighted by atomic mass is 9.98. The van der Waals surface area contributed by atoms with Crippen LogP contribution in [0.15, 0.2) is 42.6 Å². The molecule has 3 rings (SSSR count). The Balaban J connectivity index is 1.46. The maximum absolute atomic E-state index is 12.1. The van der Waals surface area contributed by atoms with Crippen LogP contribution in [0.2, 0.25) is 0 Å². The SMILES string of the molecule is CC(C)(C)OC(=O)N1CCC(COc2ccc(-c3ccc(CC#N)cc3)nc2)CC1. The minimum absolute atomic E-state index is 0.234. The Kier molecular flexibility index (Phi) is 6.94. The molecule has 1 aliphatic rings. The predicted octanol–water partition coefficient (Wildman–Crippen LogP) is 4.84. The Bertz CT molecular complexity index is 872. The maximum Gasteiger partial charge on any atom is 0.410 e. The average molecular weight is 408 g/mol. The standard InChI is InChI=1S/C24H29N3O3/c1-24(2,3)30-23(28)27-14-11-19(12-15-27)17-29-21-8-9-22(26-16-21)20-6-4-18(5-7-20)10-13-25/h4-9,16,19H,10-12,14-15,17H2,1-3H3. The molecule has 1 aromatic heterocycles. The van der Waals surface area contributed by atoms with E-state index in [9.17, 15) is 4.79 Å². The van der Waals surface area contributed by atoms with Gasteiger partial charge >= 0.3 is 6.09 Å². The molecule has 2 aromatic rings. The van der Waals surface area contributed by atoms with Crippen molar-refractivity contribution in [2.75, 3.05) is 19.7 Å². The first-order chi connectivity index (χ1) is 14.3. The normalized spacial score (nSPS) is 14.8. The highest BCUT2D eigenvalue weighted by Crippen LogP contribution is 2.23. The molecule has 0 aliphatic carbocycles. The van der Waals surface area contributed by atoms with Gasteiger partial charge in [0.25, 0.3) is 0 Å². The number of likely N-dealkylation sites (tertiary alicyclic amines) is 1. The number of amides is 1. The van der Waals surface area contributed by atoms with Crippen LogP contribution in [0.1, 0.15) is 39.2 Å². The van der Waals surface area contributed by atoms with Crippen LogP contribution in [0, 0.1) is 17.2 Å². The molecule has 158 valence electrons. The van der Waals surface area contributed by atoms with Gasteiger partial charge in [-0.1, -0.05) is 24.3 Å². The Labute approximate surface area is 178 Å². The number of piperidine rings is 1. The van der Waals surface area contributed by atoms with Crippen molar-refractivity contribution >= 4 is 6.09 Å². The van der Waals surface area contributed by atoms with E-state index in [4.69, 9.17) is 14.7 Å². The Morgan fingerprint density at radius 3 is 2.43 bits per heavy atom. The topological polar surface area (TPSA) is 75.4 Å². The van der Waals surface area contributed by atoms with E-state index in [1.807, 2.05) is 57.2 Å². The average Bonchev–Trinajstić information content (AvgIpc) is 2.73. The molecular formula is C24H29N3O3. The summed E-state index contributed by atoms with van der Waals surface area (Å²) in [6.45, 7) is 7.66. The molecule has 2 heterocycles. The number of aromatic nitrogens is 1. The van der Waals surface area contributed by atoms with Gasteiger partial charge in [0, 0.05) is 18.7 Å². The number of pyridine rings is 1. The summed E-state index contributed by atoms with van der Waals surface area (Å²) < 4.78 is 11.4. The van der Waals surface area contributed by atoms with Gasteiger partial charge in [-0.05, 0) is 57.2 Å². The van der Waals surface area contributed by atoms with Crippen molar-refractivity contribution in [2.24, 2.45) is 5.92 Å². The zero-order valence-corrected chi connectivity index (χ0v) is 17.9. The lowest BCUT2D eigenvalue weighted by Crippen LogP contribution is -2.42. The van der Waals surface area contributed by atoms with Crippen LogP contribution in [0.5, 0.6) is 5.75 Å². The van der Waals surface area contributed by atoms with Gasteiger partial charge in [0.1, 0.15) is 11.4 Å². The molecule has 0 unspecified atom stereocenters. The molecule has 0 spiro atoms. The summed E-state index contributed by atoms with van der Waals surface area (Å²) in [7, 11) is 0. The van der Waals surface area contributed by atoms with Crippen molar-refractivity contribution in [3.8, 4) is 23.1 Å². The van der Waals surface area contributed by atoms with Crippen molar-refractivity contribution < 1.29 is 14.3 Å². The quantitative estimate of drug-likeness (QED) is 0.709. The zero-order chi connectivity index (χ0) is 21.6. The predicted molar refractivity (Wildman–Crippen MR) is 115 cm³/mol. The number of nitrogens with zero attached hydrogens (tertiary/aromatic N) is 3. The van der Waals surface area contributed by atoms with Crippen LogP contribution in [0.3, 0.4) is 0 Å². The monoisotopic (exact) mass is 407 g/mol. The van der Waals surface area contributed by atoms with E-state index in [1.165, 1.54) is 0 Å². The van der Waals surface area contributed by atoms with Crippen molar-refractivity contribution in [1.29, 1.82) is 5.26 Å². The molecule has 0 saturated carbocycles. The molecule has 6 heteroatoms. The molecule has 1 aliphatic heterocycles. The number of carbonyl (C=O) groups is 1. The molecule has 1 saturated heterocycles. The molecule has 1 amide bonds. The molecular weight excluding hydrogens is 378 g/mol. The minimum atomic E-state index is -0.463. The van der Waals surface area contributed by atoms with Crippen molar-refractivity contribution in [2.45, 2.75) is 45.6 Å². The summed E-state index contributed by atoms with van der Waals surface area (Å²) >= 11 is 0. The third-order valence-corrected chi connectivity index (χ3v) is 5.02. The van der Waals surface area contributed by atoms with E-state index in [0.29, 0.717) is 32.0 Å². The molecule has 1 fully saturated rings. The van der Waals surface area contributed by atoms with E-state index in [2.05, 4.69) is 11.1 Å². The fraction of sp³-hybridized carbons (Fsp3) is 0.458. The lowest BCUT2D eigenvalue weighted by Gasteiger charge is -2.33. The van der Waals surface area contributed by atoms with Gasteiger partial charge in [-0.25, -0.2) is 4.79 Å². The van der Waals surface area contributed by atoms with Crippen LogP contribution in [-0.2, 0) is 11.2 Å². The lowest BCUT2D eigenvalue weighted by molar-refractivity contribution is 0.0165. The number of carbonyl (C=O) groups excluding carboxylic acids is 1. The summed E-state index contributed by atoms with van der Waals surface area (Å²) in [5.74, 6) is 1.16. The van der Waals surface area contributed by atoms with Crippen LogP contribution in [-0.4, -0.2) is 41.3 Å². The Morgan fingerprint density at radius 2 is 1.87 bits per heavy atom. The fourth-order valence-electron chi connectivity index (χ4n) is 3.34. The maximum atomic E-state index is 12.1. The first kappa shape index (κ1) is 21.6. The summed E-state index contributed by atoms with van der Waals surface area (Å²) in [4.78, 5) is 18.4. The van der Waals surface area contributed by atoms with Crippen LogP contribution < -0.4 is 4.74 Å². The van der Waals surface area contributed by atoms with Crippen molar-refractivity contribution in [1.82, 2.24) is 9.88 Å². The van der Waals surface area contributed by atoms with Crippen LogP contribution in [0.4, 0.5) is 4.79 Å². The highest BCUT2D eigenvalue weighted by molar-refractivity contribution is 5.68. The van der Waals surface area contributed by atoms with Crippen LogP contribution >= 0.6 is 0 Å². The largest absolute Gasteiger partial charge is 0.492 e. The second-order valence-electron chi connectivity index (χ2n) is 8.63. The smallest absolute Gasteiger partial charge is 0.410 e. The summed E-state index contributed by atoms with van der Waals surface area (Å²) in [6.07, 6.45) is 3.73. The first-order valence-electron chi connectivity index (χ1n) is 10.4. The first-order valence-corrected chi connectivity index (χ1v) is 10.4. The number of benzene rings is 1. The Hall–Kier alpha value is -3.07. The second kappa shape index (κ2) is 9.62. The van der Waals surface area contributed by atoms with E-state index in [0.717, 1.165) is 35.4 Å². The van der Waals surface area contributed by atoms with Gasteiger partial charge in [-0.2, -0.15) is 5.26 Å². The fourth-order valence-corrected chi connectivity index (χ4v) is 3.34. The Morgan fingerprint density at radius 1 is 1.17 bits per heavy atom.